The van der Waals surface area contributed by atoms with Crippen LogP contribution in [0.25, 0.3) is 16.9 Å². The Kier molecular flexibility index (Phi) is 5.04. The Morgan fingerprint density at radius 1 is 1.13 bits per heavy atom. The van der Waals surface area contributed by atoms with E-state index in [0.717, 1.165) is 5.52 Å². The summed E-state index contributed by atoms with van der Waals surface area (Å²) in [5, 5.41) is 2.59. The first kappa shape index (κ1) is 19.0. The average Bonchev–Trinajstić information content (AvgIpc) is 3.41. The number of rotatable bonds is 7. The molecule has 30 heavy (non-hydrogen) atoms. The number of aromatic nitrogens is 5. The van der Waals surface area contributed by atoms with Gasteiger partial charge in [0.15, 0.2) is 0 Å². The van der Waals surface area contributed by atoms with Gasteiger partial charge in [-0.2, -0.15) is 0 Å². The SMILES string of the molecule is NC(=O)C(=O)C(Cc1c[nH]c2cccnc12)NC(=O)c1cncn1-c1ccccn1. The van der Waals surface area contributed by atoms with Crippen LogP contribution in [-0.2, 0) is 16.0 Å². The molecule has 0 aliphatic heterocycles. The van der Waals surface area contributed by atoms with Crippen LogP contribution >= 0.6 is 0 Å². The molecule has 1 atom stereocenters. The van der Waals surface area contributed by atoms with Crippen LogP contribution in [0.1, 0.15) is 16.1 Å². The number of H-pyrrole nitrogens is 1. The van der Waals surface area contributed by atoms with Gasteiger partial charge in [-0.15, -0.1) is 0 Å². The van der Waals surface area contributed by atoms with Gasteiger partial charge in [0.2, 0.25) is 5.78 Å². The molecule has 0 saturated carbocycles. The van der Waals surface area contributed by atoms with Crippen molar-refractivity contribution in [3.63, 3.8) is 0 Å². The van der Waals surface area contributed by atoms with Gasteiger partial charge in [0.1, 0.15) is 23.9 Å². The molecule has 0 saturated heterocycles. The number of carbonyl (C=O) groups is 3. The number of aromatic amines is 1. The van der Waals surface area contributed by atoms with Crippen molar-refractivity contribution in [3.8, 4) is 5.82 Å². The highest BCUT2D eigenvalue weighted by Gasteiger charge is 2.28. The fraction of sp³-hybridized carbons (Fsp3) is 0.100. The first-order chi connectivity index (χ1) is 14.5. The second kappa shape index (κ2) is 7.95. The standard InChI is InChI=1S/C20H17N7O3/c21-19(29)18(28)14(8-12-9-25-13-4-3-7-24-17(12)13)26-20(30)15-10-22-11-27(15)16-5-1-2-6-23-16/h1-7,9-11,14,25H,8H2,(H2,21,29)(H,26,30). The van der Waals surface area contributed by atoms with Crippen molar-refractivity contribution in [2.75, 3.05) is 0 Å². The summed E-state index contributed by atoms with van der Waals surface area (Å²) in [5.41, 5.74) is 7.45. The summed E-state index contributed by atoms with van der Waals surface area (Å²) in [4.78, 5) is 52.4. The van der Waals surface area contributed by atoms with E-state index in [2.05, 4.69) is 25.3 Å². The van der Waals surface area contributed by atoms with Gasteiger partial charge in [0, 0.05) is 25.0 Å². The molecule has 4 heterocycles. The maximum atomic E-state index is 12.9. The van der Waals surface area contributed by atoms with Crippen molar-refractivity contribution in [1.82, 2.24) is 29.8 Å². The minimum absolute atomic E-state index is 0.0439. The van der Waals surface area contributed by atoms with Crippen molar-refractivity contribution in [3.05, 3.63) is 72.7 Å². The second-order valence-electron chi connectivity index (χ2n) is 6.51. The molecule has 2 amide bonds. The number of hydrogen-bond acceptors (Lipinski definition) is 6. The molecular formula is C20H17N7O3. The molecule has 10 nitrogen and oxygen atoms in total. The number of fused-ring (bicyclic) bond motifs is 1. The molecule has 0 spiro atoms. The van der Waals surface area contributed by atoms with E-state index < -0.39 is 23.6 Å². The summed E-state index contributed by atoms with van der Waals surface area (Å²) in [7, 11) is 0. The Bertz CT molecular complexity index is 1230. The van der Waals surface area contributed by atoms with E-state index >= 15 is 0 Å². The number of amides is 2. The number of nitrogens with zero attached hydrogens (tertiary/aromatic N) is 4. The van der Waals surface area contributed by atoms with E-state index in [1.54, 1.807) is 42.9 Å². The first-order valence-corrected chi connectivity index (χ1v) is 9.04. The third-order valence-electron chi connectivity index (χ3n) is 4.57. The monoisotopic (exact) mass is 403 g/mol. The van der Waals surface area contributed by atoms with Gasteiger partial charge in [0.25, 0.3) is 11.8 Å². The smallest absolute Gasteiger partial charge is 0.287 e. The van der Waals surface area contributed by atoms with Gasteiger partial charge in [-0.1, -0.05) is 6.07 Å². The maximum Gasteiger partial charge on any atom is 0.287 e. The van der Waals surface area contributed by atoms with E-state index in [9.17, 15) is 14.4 Å². The lowest BCUT2D eigenvalue weighted by atomic mass is 10.0. The minimum atomic E-state index is -1.16. The van der Waals surface area contributed by atoms with Crippen LogP contribution in [0.5, 0.6) is 0 Å². The summed E-state index contributed by atoms with van der Waals surface area (Å²) in [5.74, 6) is -2.15. The third-order valence-corrected chi connectivity index (χ3v) is 4.57. The fourth-order valence-corrected chi connectivity index (χ4v) is 3.14. The largest absolute Gasteiger partial charge is 0.363 e. The predicted molar refractivity (Wildman–Crippen MR) is 107 cm³/mol. The third kappa shape index (κ3) is 3.65. The number of imidazole rings is 1. The molecule has 10 heteroatoms. The van der Waals surface area contributed by atoms with E-state index in [1.807, 2.05) is 6.07 Å². The molecular weight excluding hydrogens is 386 g/mol. The van der Waals surface area contributed by atoms with Crippen LogP contribution in [0, 0.1) is 0 Å². The van der Waals surface area contributed by atoms with Crippen LogP contribution in [-0.4, -0.2) is 48.1 Å². The zero-order valence-electron chi connectivity index (χ0n) is 15.6. The second-order valence-corrected chi connectivity index (χ2v) is 6.51. The quantitative estimate of drug-likeness (QED) is 0.384. The lowest BCUT2D eigenvalue weighted by Gasteiger charge is -2.16. The number of Topliss-reactive ketones (excluding diaryl/α,β-unsaturated/α-hetero) is 1. The fourth-order valence-electron chi connectivity index (χ4n) is 3.14. The van der Waals surface area contributed by atoms with Gasteiger partial charge in [0.05, 0.1) is 17.2 Å². The molecule has 0 fully saturated rings. The molecule has 4 aromatic heterocycles. The lowest BCUT2D eigenvalue weighted by Crippen LogP contribution is -2.47. The number of nitrogens with one attached hydrogen (secondary N) is 2. The zero-order valence-corrected chi connectivity index (χ0v) is 15.6. The van der Waals surface area contributed by atoms with Gasteiger partial charge < -0.3 is 16.0 Å². The molecule has 4 N–H and O–H groups in total. The number of carbonyl (C=O) groups excluding carboxylic acids is 3. The highest BCUT2D eigenvalue weighted by atomic mass is 16.2. The zero-order chi connectivity index (χ0) is 21.1. The van der Waals surface area contributed by atoms with Crippen LogP contribution in [0.15, 0.2) is 61.4 Å². The summed E-state index contributed by atoms with van der Waals surface area (Å²) >= 11 is 0. The summed E-state index contributed by atoms with van der Waals surface area (Å²) in [6.07, 6.45) is 7.72. The van der Waals surface area contributed by atoms with Crippen molar-refractivity contribution >= 4 is 28.6 Å². The first-order valence-electron chi connectivity index (χ1n) is 9.04. The number of primary amides is 1. The van der Waals surface area contributed by atoms with Crippen LogP contribution < -0.4 is 11.1 Å². The van der Waals surface area contributed by atoms with Gasteiger partial charge >= 0.3 is 0 Å². The molecule has 0 aromatic carbocycles. The predicted octanol–water partition coefficient (Wildman–Crippen LogP) is 0.539. The Morgan fingerprint density at radius 2 is 1.97 bits per heavy atom. The lowest BCUT2D eigenvalue weighted by molar-refractivity contribution is -0.137. The average molecular weight is 403 g/mol. The van der Waals surface area contributed by atoms with E-state index in [1.165, 1.54) is 17.1 Å². The highest BCUT2D eigenvalue weighted by Crippen LogP contribution is 2.17. The van der Waals surface area contributed by atoms with E-state index in [-0.39, 0.29) is 12.1 Å². The van der Waals surface area contributed by atoms with E-state index in [0.29, 0.717) is 16.9 Å². The molecule has 4 aromatic rings. The van der Waals surface area contributed by atoms with Crippen molar-refractivity contribution in [1.29, 1.82) is 0 Å². The van der Waals surface area contributed by atoms with Crippen molar-refractivity contribution < 1.29 is 14.4 Å². The summed E-state index contributed by atoms with van der Waals surface area (Å²) < 4.78 is 1.48. The van der Waals surface area contributed by atoms with Gasteiger partial charge in [-0.25, -0.2) is 9.97 Å². The van der Waals surface area contributed by atoms with Crippen LogP contribution in [0.2, 0.25) is 0 Å². The Morgan fingerprint density at radius 3 is 2.73 bits per heavy atom. The Labute approximate surface area is 170 Å². The Balaban J connectivity index is 1.62. The van der Waals surface area contributed by atoms with Crippen LogP contribution in [0.3, 0.4) is 0 Å². The Hall–Kier alpha value is -4.34. The van der Waals surface area contributed by atoms with E-state index in [4.69, 9.17) is 5.73 Å². The summed E-state index contributed by atoms with van der Waals surface area (Å²) in [6.45, 7) is 0. The normalized spacial score (nSPS) is 11.9. The number of ketones is 1. The van der Waals surface area contributed by atoms with Gasteiger partial charge in [-0.05, 0) is 29.8 Å². The van der Waals surface area contributed by atoms with Crippen molar-refractivity contribution in [2.45, 2.75) is 12.5 Å². The number of pyridine rings is 2. The molecule has 4 rings (SSSR count). The van der Waals surface area contributed by atoms with Crippen molar-refractivity contribution in [2.24, 2.45) is 5.73 Å². The molecule has 150 valence electrons. The number of nitrogens with two attached hydrogens (primary N) is 1. The maximum absolute atomic E-state index is 12.9. The van der Waals surface area contributed by atoms with Crippen LogP contribution in [0.4, 0.5) is 0 Å². The minimum Gasteiger partial charge on any atom is -0.363 e. The topological polar surface area (TPSA) is 149 Å². The summed E-state index contributed by atoms with van der Waals surface area (Å²) in [6, 6.07) is 7.67. The molecule has 1 unspecified atom stereocenters. The molecule has 0 radical (unpaired) electrons. The highest BCUT2D eigenvalue weighted by molar-refractivity contribution is 6.38. The molecule has 0 bridgehead atoms. The van der Waals surface area contributed by atoms with Gasteiger partial charge in [-0.3, -0.25) is 23.9 Å². The number of hydrogen-bond donors (Lipinski definition) is 3. The molecule has 0 aliphatic carbocycles. The molecule has 0 aliphatic rings.